The van der Waals surface area contributed by atoms with Crippen molar-refractivity contribution in [3.05, 3.63) is 30.3 Å². The topological polar surface area (TPSA) is 46.1 Å². The average Bonchev–Trinajstić information content (AvgIpc) is 2.66. The fourth-order valence-electron chi connectivity index (χ4n) is 2.94. The number of para-hydroxylation sites is 1. The zero-order valence-corrected chi connectivity index (χ0v) is 18.5. The molecule has 0 bridgehead atoms. The molecule has 0 saturated carbocycles. The van der Waals surface area contributed by atoms with E-state index in [1.54, 1.807) is 0 Å². The van der Waals surface area contributed by atoms with Crippen molar-refractivity contribution >= 4 is 29.9 Å². The number of benzene rings is 1. The largest absolute Gasteiger partial charge is 0.494 e. The van der Waals surface area contributed by atoms with Crippen molar-refractivity contribution in [3.63, 3.8) is 0 Å². The Morgan fingerprint density at radius 2 is 2.00 bits per heavy atom. The first-order chi connectivity index (χ1) is 12.3. The number of rotatable bonds is 9. The monoisotopic (exact) mass is 475 g/mol. The van der Waals surface area contributed by atoms with E-state index in [0.29, 0.717) is 6.61 Å². The van der Waals surface area contributed by atoms with Gasteiger partial charge in [-0.2, -0.15) is 0 Å². The Morgan fingerprint density at radius 1 is 1.27 bits per heavy atom. The second-order valence-electron chi connectivity index (χ2n) is 6.52. The fraction of sp³-hybridized carbons (Fsp3) is 0.650. The Balaban J connectivity index is 0.00000338. The van der Waals surface area contributed by atoms with Crippen molar-refractivity contribution in [2.75, 3.05) is 46.5 Å². The van der Waals surface area contributed by atoms with E-state index < -0.39 is 0 Å². The number of ether oxygens (including phenoxy) is 2. The van der Waals surface area contributed by atoms with E-state index in [1.165, 1.54) is 19.3 Å². The summed E-state index contributed by atoms with van der Waals surface area (Å²) in [5.41, 5.74) is 0. The third-order valence-electron chi connectivity index (χ3n) is 4.49. The van der Waals surface area contributed by atoms with Crippen molar-refractivity contribution in [1.82, 2.24) is 10.2 Å². The first-order valence-corrected chi connectivity index (χ1v) is 9.54. The predicted octanol–water partition coefficient (Wildman–Crippen LogP) is 3.79. The molecule has 0 aliphatic carbocycles. The van der Waals surface area contributed by atoms with E-state index in [0.717, 1.165) is 56.9 Å². The van der Waals surface area contributed by atoms with Gasteiger partial charge in [-0.25, -0.2) is 0 Å². The molecule has 1 saturated heterocycles. The van der Waals surface area contributed by atoms with Crippen molar-refractivity contribution in [2.45, 2.75) is 32.6 Å². The van der Waals surface area contributed by atoms with Gasteiger partial charge in [0.2, 0.25) is 0 Å². The van der Waals surface area contributed by atoms with Gasteiger partial charge in [0, 0.05) is 46.3 Å². The summed E-state index contributed by atoms with van der Waals surface area (Å²) in [5.74, 6) is 2.71. The van der Waals surface area contributed by atoms with Gasteiger partial charge in [-0.3, -0.25) is 4.99 Å². The van der Waals surface area contributed by atoms with Gasteiger partial charge in [-0.05, 0) is 44.2 Å². The Labute approximate surface area is 175 Å². The standard InChI is InChI=1S/C20H33N3O2.HI/c1-3-21-20(23(2)14-10-18-11-16-24-17-12-18)22-13-7-15-25-19-8-5-4-6-9-19;/h4-6,8-9,18H,3,7,10-17H2,1-2H3,(H,21,22);1H. The van der Waals surface area contributed by atoms with Gasteiger partial charge in [0.15, 0.2) is 5.96 Å². The van der Waals surface area contributed by atoms with E-state index in [4.69, 9.17) is 14.5 Å². The van der Waals surface area contributed by atoms with Crippen LogP contribution in [0.5, 0.6) is 5.75 Å². The number of halogens is 1. The summed E-state index contributed by atoms with van der Waals surface area (Å²) in [6.07, 6.45) is 4.51. The highest BCUT2D eigenvalue weighted by molar-refractivity contribution is 14.0. The minimum absolute atomic E-state index is 0. The maximum Gasteiger partial charge on any atom is 0.193 e. The molecule has 1 aliphatic rings. The molecule has 5 nitrogen and oxygen atoms in total. The molecular weight excluding hydrogens is 441 g/mol. The molecule has 0 amide bonds. The van der Waals surface area contributed by atoms with Gasteiger partial charge in [-0.1, -0.05) is 18.2 Å². The van der Waals surface area contributed by atoms with Crippen molar-refractivity contribution in [1.29, 1.82) is 0 Å². The molecule has 1 fully saturated rings. The highest BCUT2D eigenvalue weighted by Crippen LogP contribution is 2.18. The van der Waals surface area contributed by atoms with Gasteiger partial charge in [0.05, 0.1) is 6.61 Å². The van der Waals surface area contributed by atoms with Gasteiger partial charge < -0.3 is 19.7 Å². The van der Waals surface area contributed by atoms with Crippen LogP contribution in [-0.2, 0) is 4.74 Å². The molecule has 0 spiro atoms. The van der Waals surface area contributed by atoms with Gasteiger partial charge in [-0.15, -0.1) is 24.0 Å². The number of guanidine groups is 1. The van der Waals surface area contributed by atoms with Crippen LogP contribution >= 0.6 is 24.0 Å². The highest BCUT2D eigenvalue weighted by Gasteiger charge is 2.15. The molecule has 1 aliphatic heterocycles. The molecular formula is C20H34IN3O2. The van der Waals surface area contributed by atoms with Crippen LogP contribution in [0.1, 0.15) is 32.6 Å². The van der Waals surface area contributed by atoms with E-state index >= 15 is 0 Å². The first kappa shape index (κ1) is 23.0. The number of nitrogens with zero attached hydrogens (tertiary/aromatic N) is 2. The third-order valence-corrected chi connectivity index (χ3v) is 4.49. The third kappa shape index (κ3) is 9.07. The van der Waals surface area contributed by atoms with Crippen LogP contribution in [0.4, 0.5) is 0 Å². The minimum atomic E-state index is 0. The summed E-state index contributed by atoms with van der Waals surface area (Å²) >= 11 is 0. The Morgan fingerprint density at radius 3 is 2.69 bits per heavy atom. The summed E-state index contributed by atoms with van der Waals surface area (Å²) in [7, 11) is 2.13. The lowest BCUT2D eigenvalue weighted by Crippen LogP contribution is -2.40. The second kappa shape index (κ2) is 14.1. The van der Waals surface area contributed by atoms with Crippen molar-refractivity contribution in [2.24, 2.45) is 10.9 Å². The highest BCUT2D eigenvalue weighted by atomic mass is 127. The summed E-state index contributed by atoms with van der Waals surface area (Å²) < 4.78 is 11.2. The lowest BCUT2D eigenvalue weighted by atomic mass is 9.96. The van der Waals surface area contributed by atoms with Crippen LogP contribution in [0.15, 0.2) is 35.3 Å². The zero-order chi connectivity index (χ0) is 17.7. The quantitative estimate of drug-likeness (QED) is 0.256. The summed E-state index contributed by atoms with van der Waals surface area (Å²) in [6, 6.07) is 9.94. The molecule has 6 heteroatoms. The lowest BCUT2D eigenvalue weighted by molar-refractivity contribution is 0.0625. The minimum Gasteiger partial charge on any atom is -0.494 e. The van der Waals surface area contributed by atoms with Gasteiger partial charge >= 0.3 is 0 Å². The van der Waals surface area contributed by atoms with Crippen molar-refractivity contribution in [3.8, 4) is 5.75 Å². The van der Waals surface area contributed by atoms with Crippen LogP contribution in [0.25, 0.3) is 0 Å². The molecule has 26 heavy (non-hydrogen) atoms. The summed E-state index contributed by atoms with van der Waals surface area (Å²) in [4.78, 5) is 6.98. The fourth-order valence-corrected chi connectivity index (χ4v) is 2.94. The second-order valence-corrected chi connectivity index (χ2v) is 6.52. The van der Waals surface area contributed by atoms with Crippen LogP contribution in [0.2, 0.25) is 0 Å². The smallest absolute Gasteiger partial charge is 0.193 e. The Bertz CT molecular complexity index is 493. The molecule has 1 aromatic carbocycles. The molecule has 1 aromatic rings. The molecule has 2 rings (SSSR count). The van der Waals surface area contributed by atoms with E-state index in [2.05, 4.69) is 24.2 Å². The lowest BCUT2D eigenvalue weighted by Gasteiger charge is -2.26. The predicted molar refractivity (Wildman–Crippen MR) is 119 cm³/mol. The van der Waals surface area contributed by atoms with Crippen LogP contribution < -0.4 is 10.1 Å². The van der Waals surface area contributed by atoms with Crippen molar-refractivity contribution < 1.29 is 9.47 Å². The van der Waals surface area contributed by atoms with E-state index in [1.807, 2.05) is 30.3 Å². The molecule has 0 atom stereocenters. The maximum atomic E-state index is 5.72. The molecule has 0 unspecified atom stereocenters. The first-order valence-electron chi connectivity index (χ1n) is 9.54. The molecule has 1 N–H and O–H groups in total. The van der Waals surface area contributed by atoms with Crippen LogP contribution in [0.3, 0.4) is 0 Å². The number of hydrogen-bond donors (Lipinski definition) is 1. The maximum absolute atomic E-state index is 5.72. The van der Waals surface area contributed by atoms with Gasteiger partial charge in [0.1, 0.15) is 5.75 Å². The Hall–Kier alpha value is -1.02. The summed E-state index contributed by atoms with van der Waals surface area (Å²) in [6.45, 7) is 7.35. The van der Waals surface area contributed by atoms with Crippen LogP contribution in [-0.4, -0.2) is 57.4 Å². The number of aliphatic imine (C=N–C) groups is 1. The number of nitrogens with one attached hydrogen (secondary N) is 1. The SMILES string of the molecule is CCNC(=NCCCOc1ccccc1)N(C)CCC1CCOCC1.I. The van der Waals surface area contributed by atoms with E-state index in [-0.39, 0.29) is 24.0 Å². The molecule has 148 valence electrons. The van der Waals surface area contributed by atoms with E-state index in [9.17, 15) is 0 Å². The molecule has 1 heterocycles. The summed E-state index contributed by atoms with van der Waals surface area (Å²) in [5, 5.41) is 3.39. The van der Waals surface area contributed by atoms with Crippen LogP contribution in [0, 0.1) is 5.92 Å². The number of hydrogen-bond acceptors (Lipinski definition) is 3. The normalized spacial score (nSPS) is 15.2. The zero-order valence-electron chi connectivity index (χ0n) is 16.2. The molecule has 0 aromatic heterocycles. The Kier molecular flexibility index (Phi) is 12.5. The van der Waals surface area contributed by atoms with Gasteiger partial charge in [0.25, 0.3) is 0 Å². The molecule has 0 radical (unpaired) electrons. The average molecular weight is 475 g/mol.